The van der Waals surface area contributed by atoms with E-state index >= 15 is 0 Å². The maximum Gasteiger partial charge on any atom is 0.226 e. The van der Waals surface area contributed by atoms with Crippen molar-refractivity contribution in [2.75, 3.05) is 26.7 Å². The van der Waals surface area contributed by atoms with Crippen LogP contribution in [0, 0.1) is 5.82 Å². The van der Waals surface area contributed by atoms with Gasteiger partial charge >= 0.3 is 0 Å². The van der Waals surface area contributed by atoms with Crippen LogP contribution in [0.1, 0.15) is 12.0 Å². The summed E-state index contributed by atoms with van der Waals surface area (Å²) in [4.78, 5) is 13.6. The van der Waals surface area contributed by atoms with Gasteiger partial charge in [-0.25, -0.2) is 4.39 Å². The lowest BCUT2D eigenvalue weighted by Gasteiger charge is -2.28. The molecule has 5 heteroatoms. The third-order valence-corrected chi connectivity index (χ3v) is 3.45. The molecule has 1 amide bonds. The molecule has 19 heavy (non-hydrogen) atoms. The number of benzene rings is 1. The second-order valence-electron chi connectivity index (χ2n) is 5.20. The van der Waals surface area contributed by atoms with Crippen molar-refractivity contribution in [2.24, 2.45) is 0 Å². The van der Waals surface area contributed by atoms with Gasteiger partial charge in [-0.05, 0) is 30.7 Å². The van der Waals surface area contributed by atoms with Gasteiger partial charge in [-0.3, -0.25) is 4.79 Å². The summed E-state index contributed by atoms with van der Waals surface area (Å²) in [6.07, 6.45) is 0.876. The summed E-state index contributed by atoms with van der Waals surface area (Å²) < 4.78 is 12.8. The zero-order chi connectivity index (χ0) is 13.9. The molecule has 1 aliphatic rings. The van der Waals surface area contributed by atoms with Crippen molar-refractivity contribution >= 4 is 5.91 Å². The Bertz CT molecular complexity index is 441. The second kappa shape index (κ2) is 5.67. The number of nitrogens with zero attached hydrogens (tertiary/aromatic N) is 1. The molecule has 1 atom stereocenters. The van der Waals surface area contributed by atoms with Crippen molar-refractivity contribution in [3.05, 3.63) is 35.6 Å². The van der Waals surface area contributed by atoms with E-state index in [0.717, 1.165) is 12.1 Å². The lowest BCUT2D eigenvalue weighted by molar-refractivity contribution is -0.132. The lowest BCUT2D eigenvalue weighted by Crippen LogP contribution is -2.45. The molecule has 1 saturated heterocycles. The quantitative estimate of drug-likeness (QED) is 0.837. The SMILES string of the molecule is CN(CC1(O)CCNC1)C(=O)Cc1ccc(F)cc1. The number of halogens is 1. The Labute approximate surface area is 112 Å². The van der Waals surface area contributed by atoms with Gasteiger partial charge in [0.25, 0.3) is 0 Å². The molecule has 0 aliphatic carbocycles. The highest BCUT2D eigenvalue weighted by molar-refractivity contribution is 5.78. The molecule has 2 rings (SSSR count). The molecule has 0 bridgehead atoms. The molecule has 1 heterocycles. The summed E-state index contributed by atoms with van der Waals surface area (Å²) in [6, 6.07) is 5.90. The number of amides is 1. The van der Waals surface area contributed by atoms with Gasteiger partial charge < -0.3 is 15.3 Å². The molecule has 4 nitrogen and oxygen atoms in total. The molecule has 2 N–H and O–H groups in total. The van der Waals surface area contributed by atoms with Gasteiger partial charge in [0.15, 0.2) is 0 Å². The molecule has 1 unspecified atom stereocenters. The fourth-order valence-corrected chi connectivity index (χ4v) is 2.31. The first kappa shape index (κ1) is 14.0. The van der Waals surface area contributed by atoms with Gasteiger partial charge in [-0.2, -0.15) is 0 Å². The predicted octanol–water partition coefficient (Wildman–Crippen LogP) is 0.551. The Hall–Kier alpha value is -1.46. The lowest BCUT2D eigenvalue weighted by atomic mass is 10.0. The molecule has 0 spiro atoms. The molecular weight excluding hydrogens is 247 g/mol. The van der Waals surface area contributed by atoms with Crippen molar-refractivity contribution in [3.63, 3.8) is 0 Å². The zero-order valence-electron chi connectivity index (χ0n) is 11.0. The summed E-state index contributed by atoms with van der Waals surface area (Å²) in [6.45, 7) is 1.61. The van der Waals surface area contributed by atoms with E-state index < -0.39 is 5.60 Å². The molecule has 0 aromatic heterocycles. The third-order valence-electron chi connectivity index (χ3n) is 3.45. The van der Waals surface area contributed by atoms with E-state index in [1.807, 2.05) is 0 Å². The summed E-state index contributed by atoms with van der Waals surface area (Å²) in [7, 11) is 1.68. The van der Waals surface area contributed by atoms with Crippen molar-refractivity contribution in [1.29, 1.82) is 0 Å². The number of β-amino-alcohol motifs (C(OH)–C–C–N with tert-alkyl or cyclic N) is 1. The van der Waals surface area contributed by atoms with Crippen LogP contribution >= 0.6 is 0 Å². The largest absolute Gasteiger partial charge is 0.387 e. The molecule has 1 aromatic carbocycles. The van der Waals surface area contributed by atoms with Crippen LogP contribution in [-0.2, 0) is 11.2 Å². The highest BCUT2D eigenvalue weighted by Crippen LogP contribution is 2.16. The number of carbonyl (C=O) groups is 1. The van der Waals surface area contributed by atoms with Crippen LogP contribution in [0.5, 0.6) is 0 Å². The van der Waals surface area contributed by atoms with Crippen LogP contribution in [0.15, 0.2) is 24.3 Å². The van der Waals surface area contributed by atoms with E-state index in [9.17, 15) is 14.3 Å². The average Bonchev–Trinajstić information content (AvgIpc) is 2.78. The molecule has 104 valence electrons. The first-order chi connectivity index (χ1) is 8.98. The number of hydrogen-bond acceptors (Lipinski definition) is 3. The minimum Gasteiger partial charge on any atom is -0.387 e. The number of aliphatic hydroxyl groups is 1. The van der Waals surface area contributed by atoms with Crippen LogP contribution in [0.4, 0.5) is 4.39 Å². The van der Waals surface area contributed by atoms with Gasteiger partial charge in [-0.1, -0.05) is 12.1 Å². The van der Waals surface area contributed by atoms with Gasteiger partial charge in [-0.15, -0.1) is 0 Å². The Morgan fingerprint density at radius 2 is 2.16 bits per heavy atom. The number of likely N-dealkylation sites (N-methyl/N-ethyl adjacent to an activating group) is 1. The van der Waals surface area contributed by atoms with E-state index in [1.54, 1.807) is 19.2 Å². The van der Waals surface area contributed by atoms with E-state index in [-0.39, 0.29) is 18.1 Å². The highest BCUT2D eigenvalue weighted by Gasteiger charge is 2.33. The van der Waals surface area contributed by atoms with E-state index in [4.69, 9.17) is 0 Å². The van der Waals surface area contributed by atoms with Crippen LogP contribution < -0.4 is 5.32 Å². The fraction of sp³-hybridized carbons (Fsp3) is 0.500. The molecule has 1 aliphatic heterocycles. The number of hydrogen-bond donors (Lipinski definition) is 2. The van der Waals surface area contributed by atoms with Gasteiger partial charge in [0, 0.05) is 13.6 Å². The Balaban J connectivity index is 1.90. The molecular formula is C14H19FN2O2. The second-order valence-corrected chi connectivity index (χ2v) is 5.20. The molecule has 1 aromatic rings. The monoisotopic (exact) mass is 266 g/mol. The predicted molar refractivity (Wildman–Crippen MR) is 70.2 cm³/mol. The first-order valence-electron chi connectivity index (χ1n) is 6.40. The van der Waals surface area contributed by atoms with E-state index in [0.29, 0.717) is 19.5 Å². The Morgan fingerprint density at radius 3 is 2.74 bits per heavy atom. The topological polar surface area (TPSA) is 52.6 Å². The van der Waals surface area contributed by atoms with Crippen molar-refractivity contribution in [1.82, 2.24) is 10.2 Å². The standard InChI is InChI=1S/C14H19FN2O2/c1-17(10-14(19)6-7-16-9-14)13(18)8-11-2-4-12(15)5-3-11/h2-5,16,19H,6-10H2,1H3. The highest BCUT2D eigenvalue weighted by atomic mass is 19.1. The van der Waals surface area contributed by atoms with E-state index in [1.165, 1.54) is 17.0 Å². The van der Waals surface area contributed by atoms with Crippen LogP contribution in [0.25, 0.3) is 0 Å². The Kier molecular flexibility index (Phi) is 4.17. The fourth-order valence-electron chi connectivity index (χ4n) is 2.31. The number of carbonyl (C=O) groups excluding carboxylic acids is 1. The minimum absolute atomic E-state index is 0.0769. The average molecular weight is 266 g/mol. The summed E-state index contributed by atoms with van der Waals surface area (Å²) in [5, 5.41) is 13.3. The summed E-state index contributed by atoms with van der Waals surface area (Å²) >= 11 is 0. The molecule has 0 saturated carbocycles. The van der Waals surface area contributed by atoms with Gasteiger partial charge in [0.05, 0.1) is 18.6 Å². The molecule has 1 fully saturated rings. The number of nitrogens with one attached hydrogen (secondary N) is 1. The molecule has 0 radical (unpaired) electrons. The van der Waals surface area contributed by atoms with Crippen molar-refractivity contribution < 1.29 is 14.3 Å². The van der Waals surface area contributed by atoms with Crippen molar-refractivity contribution in [2.45, 2.75) is 18.4 Å². The maximum atomic E-state index is 12.8. The van der Waals surface area contributed by atoms with Crippen LogP contribution in [-0.4, -0.2) is 48.2 Å². The van der Waals surface area contributed by atoms with Crippen molar-refractivity contribution in [3.8, 4) is 0 Å². The normalized spacial score (nSPS) is 22.5. The van der Waals surface area contributed by atoms with Gasteiger partial charge in [0.1, 0.15) is 5.82 Å². The summed E-state index contributed by atoms with van der Waals surface area (Å²) in [5.74, 6) is -0.386. The van der Waals surface area contributed by atoms with Crippen LogP contribution in [0.3, 0.4) is 0 Å². The smallest absolute Gasteiger partial charge is 0.226 e. The third kappa shape index (κ3) is 3.75. The first-order valence-corrected chi connectivity index (χ1v) is 6.40. The summed E-state index contributed by atoms with van der Waals surface area (Å²) in [5.41, 5.74) is -0.0532. The minimum atomic E-state index is -0.826. The van der Waals surface area contributed by atoms with E-state index in [2.05, 4.69) is 5.32 Å². The number of rotatable bonds is 4. The Morgan fingerprint density at radius 1 is 1.47 bits per heavy atom. The zero-order valence-corrected chi connectivity index (χ0v) is 11.0. The maximum absolute atomic E-state index is 12.8. The van der Waals surface area contributed by atoms with Crippen LogP contribution in [0.2, 0.25) is 0 Å². The van der Waals surface area contributed by atoms with Gasteiger partial charge in [0.2, 0.25) is 5.91 Å².